The molecule has 0 amide bonds. The molecule has 0 saturated carbocycles. The minimum atomic E-state index is -4.38. The predicted molar refractivity (Wildman–Crippen MR) is 66.2 cm³/mol. The van der Waals surface area contributed by atoms with Gasteiger partial charge in [-0.3, -0.25) is 4.57 Å². The molecule has 1 aromatic carbocycles. The van der Waals surface area contributed by atoms with Gasteiger partial charge in [-0.25, -0.2) is 0 Å². The minimum absolute atomic E-state index is 0.0868. The molecule has 17 heavy (non-hydrogen) atoms. The Morgan fingerprint density at radius 1 is 0.882 bits per heavy atom. The fraction of sp³-hybridized carbons (Fsp3) is 0.0909. The average Bonchev–Trinajstić information content (AvgIpc) is 2.57. The Bertz CT molecular complexity index is 526. The lowest BCUT2D eigenvalue weighted by Gasteiger charge is -2.15. The molecule has 0 fully saturated rings. The first kappa shape index (κ1) is 12.7. The van der Waals surface area contributed by atoms with Crippen molar-refractivity contribution >= 4 is 31.9 Å². The zero-order valence-corrected chi connectivity index (χ0v) is 11.5. The number of halogens is 5. The quantitative estimate of drug-likeness (QED) is 0.665. The van der Waals surface area contributed by atoms with Crippen molar-refractivity contribution in [1.29, 1.82) is 0 Å². The van der Waals surface area contributed by atoms with Crippen LogP contribution in [0, 0.1) is 0 Å². The van der Waals surface area contributed by atoms with Gasteiger partial charge < -0.3 is 0 Å². The minimum Gasteiger partial charge on any atom is -0.297 e. The van der Waals surface area contributed by atoms with Gasteiger partial charge in [-0.2, -0.15) is 13.2 Å². The molecule has 0 unspecified atom stereocenters. The maximum Gasteiger partial charge on any atom is 0.418 e. The SMILES string of the molecule is FC(F)(F)c1ccccc1-n1c(Br)ccc1Br. The van der Waals surface area contributed by atoms with E-state index in [-0.39, 0.29) is 5.69 Å². The second-order valence-corrected chi connectivity index (χ2v) is 4.95. The lowest BCUT2D eigenvalue weighted by molar-refractivity contribution is -0.137. The van der Waals surface area contributed by atoms with E-state index in [2.05, 4.69) is 31.9 Å². The normalized spacial score (nSPS) is 11.8. The van der Waals surface area contributed by atoms with Gasteiger partial charge in [0.05, 0.1) is 20.5 Å². The second kappa shape index (κ2) is 4.49. The van der Waals surface area contributed by atoms with Gasteiger partial charge in [0.1, 0.15) is 0 Å². The lowest BCUT2D eigenvalue weighted by atomic mass is 10.1. The smallest absolute Gasteiger partial charge is 0.297 e. The molecule has 0 saturated heterocycles. The van der Waals surface area contributed by atoms with Crippen LogP contribution in [-0.2, 0) is 6.18 Å². The Hall–Kier alpha value is -0.750. The van der Waals surface area contributed by atoms with Gasteiger partial charge >= 0.3 is 6.18 Å². The number of benzene rings is 1. The Balaban J connectivity index is 2.69. The molecule has 2 aromatic rings. The van der Waals surface area contributed by atoms with Gasteiger partial charge in [0.15, 0.2) is 0 Å². The maximum absolute atomic E-state index is 12.9. The number of alkyl halides is 3. The molecule has 90 valence electrons. The highest BCUT2D eigenvalue weighted by molar-refractivity contribution is 9.11. The molecular weight excluding hydrogens is 363 g/mol. The van der Waals surface area contributed by atoms with E-state index in [9.17, 15) is 13.2 Å². The van der Waals surface area contributed by atoms with E-state index in [0.29, 0.717) is 9.21 Å². The van der Waals surface area contributed by atoms with E-state index < -0.39 is 11.7 Å². The van der Waals surface area contributed by atoms with Crippen molar-refractivity contribution in [2.24, 2.45) is 0 Å². The summed E-state index contributed by atoms with van der Waals surface area (Å²) in [7, 11) is 0. The molecule has 0 spiro atoms. The highest BCUT2D eigenvalue weighted by atomic mass is 79.9. The number of nitrogens with zero attached hydrogens (tertiary/aromatic N) is 1. The van der Waals surface area contributed by atoms with Crippen LogP contribution in [0.15, 0.2) is 45.6 Å². The second-order valence-electron chi connectivity index (χ2n) is 3.33. The molecule has 0 N–H and O–H groups in total. The molecule has 1 nitrogen and oxygen atoms in total. The standard InChI is InChI=1S/C11H6Br2F3N/c12-9-5-6-10(13)17(9)8-4-2-1-3-7(8)11(14,15)16/h1-6H. The number of para-hydroxylation sites is 1. The van der Waals surface area contributed by atoms with Crippen LogP contribution in [0.25, 0.3) is 5.69 Å². The number of aromatic nitrogens is 1. The molecular formula is C11H6Br2F3N. The largest absolute Gasteiger partial charge is 0.418 e. The van der Waals surface area contributed by atoms with Crippen molar-refractivity contribution in [1.82, 2.24) is 4.57 Å². The third kappa shape index (κ3) is 2.42. The van der Waals surface area contributed by atoms with Gasteiger partial charge in [0.25, 0.3) is 0 Å². The monoisotopic (exact) mass is 367 g/mol. The zero-order chi connectivity index (χ0) is 12.6. The predicted octanol–water partition coefficient (Wildman–Crippen LogP) is 5.02. The van der Waals surface area contributed by atoms with Crippen LogP contribution < -0.4 is 0 Å². The highest BCUT2D eigenvalue weighted by Crippen LogP contribution is 2.36. The molecule has 2 rings (SSSR count). The number of hydrogen-bond acceptors (Lipinski definition) is 0. The van der Waals surface area contributed by atoms with Gasteiger partial charge in [-0.15, -0.1) is 0 Å². The average molecular weight is 369 g/mol. The summed E-state index contributed by atoms with van der Waals surface area (Å²) in [5.74, 6) is 0. The zero-order valence-electron chi connectivity index (χ0n) is 8.30. The van der Waals surface area contributed by atoms with Crippen LogP contribution in [0.5, 0.6) is 0 Å². The van der Waals surface area contributed by atoms with E-state index in [0.717, 1.165) is 6.07 Å². The summed E-state index contributed by atoms with van der Waals surface area (Å²) in [6.45, 7) is 0. The highest BCUT2D eigenvalue weighted by Gasteiger charge is 2.34. The van der Waals surface area contributed by atoms with Gasteiger partial charge in [-0.1, -0.05) is 12.1 Å². The fourth-order valence-corrected chi connectivity index (χ4v) is 2.79. The molecule has 1 heterocycles. The fourth-order valence-electron chi connectivity index (χ4n) is 1.53. The summed E-state index contributed by atoms with van der Waals surface area (Å²) >= 11 is 6.44. The van der Waals surface area contributed by atoms with Crippen molar-refractivity contribution in [3.8, 4) is 5.69 Å². The Morgan fingerprint density at radius 3 is 1.94 bits per heavy atom. The summed E-state index contributed by atoms with van der Waals surface area (Å²) in [6.07, 6.45) is -4.38. The third-order valence-electron chi connectivity index (χ3n) is 2.24. The van der Waals surface area contributed by atoms with E-state index in [1.807, 2.05) is 0 Å². The van der Waals surface area contributed by atoms with E-state index in [4.69, 9.17) is 0 Å². The molecule has 0 atom stereocenters. The van der Waals surface area contributed by atoms with Gasteiger partial charge in [-0.05, 0) is 56.1 Å². The van der Waals surface area contributed by atoms with Gasteiger partial charge in [0, 0.05) is 0 Å². The Morgan fingerprint density at radius 2 is 1.41 bits per heavy atom. The van der Waals surface area contributed by atoms with Crippen molar-refractivity contribution in [2.45, 2.75) is 6.18 Å². The molecule has 0 aliphatic carbocycles. The summed E-state index contributed by atoms with van der Waals surface area (Å²) in [4.78, 5) is 0. The van der Waals surface area contributed by atoms with Crippen LogP contribution in [0.2, 0.25) is 0 Å². The number of hydrogen-bond donors (Lipinski definition) is 0. The molecule has 1 aromatic heterocycles. The van der Waals surface area contributed by atoms with Crippen molar-refractivity contribution in [3.05, 3.63) is 51.2 Å². The summed E-state index contributed by atoms with van der Waals surface area (Å²) in [6, 6.07) is 8.79. The molecule has 6 heteroatoms. The van der Waals surface area contributed by atoms with Crippen LogP contribution >= 0.6 is 31.9 Å². The summed E-state index contributed by atoms with van der Waals surface area (Å²) in [5, 5.41) is 0. The first-order chi connectivity index (χ1) is 7.91. The van der Waals surface area contributed by atoms with E-state index in [1.54, 1.807) is 18.2 Å². The number of rotatable bonds is 1. The van der Waals surface area contributed by atoms with Crippen molar-refractivity contribution in [2.75, 3.05) is 0 Å². The third-order valence-corrected chi connectivity index (χ3v) is 3.47. The molecule has 0 aliphatic rings. The maximum atomic E-state index is 12.9. The first-order valence-electron chi connectivity index (χ1n) is 4.60. The Labute approximate surface area is 113 Å². The van der Waals surface area contributed by atoms with Crippen molar-refractivity contribution < 1.29 is 13.2 Å². The first-order valence-corrected chi connectivity index (χ1v) is 6.19. The Kier molecular flexibility index (Phi) is 3.36. The topological polar surface area (TPSA) is 4.93 Å². The van der Waals surface area contributed by atoms with E-state index >= 15 is 0 Å². The van der Waals surface area contributed by atoms with E-state index in [1.165, 1.54) is 16.7 Å². The molecule has 0 radical (unpaired) electrons. The summed E-state index contributed by atoms with van der Waals surface area (Å²) < 4.78 is 41.1. The van der Waals surface area contributed by atoms with Crippen LogP contribution in [0.1, 0.15) is 5.56 Å². The van der Waals surface area contributed by atoms with Crippen LogP contribution in [0.3, 0.4) is 0 Å². The lowest BCUT2D eigenvalue weighted by Crippen LogP contribution is -2.10. The summed E-state index contributed by atoms with van der Waals surface area (Å²) in [5.41, 5.74) is -0.582. The van der Waals surface area contributed by atoms with Crippen molar-refractivity contribution in [3.63, 3.8) is 0 Å². The van der Waals surface area contributed by atoms with Crippen LogP contribution in [0.4, 0.5) is 13.2 Å². The van der Waals surface area contributed by atoms with Crippen LogP contribution in [-0.4, -0.2) is 4.57 Å². The van der Waals surface area contributed by atoms with Gasteiger partial charge in [0.2, 0.25) is 0 Å². The molecule has 0 aliphatic heterocycles. The molecule has 0 bridgehead atoms.